The van der Waals surface area contributed by atoms with Gasteiger partial charge in [0.05, 0.1) is 5.69 Å². The summed E-state index contributed by atoms with van der Waals surface area (Å²) in [5, 5.41) is 7.20. The zero-order chi connectivity index (χ0) is 13.0. The molecule has 5 heteroatoms. The Morgan fingerprint density at radius 3 is 2.72 bits per heavy atom. The van der Waals surface area contributed by atoms with Crippen molar-refractivity contribution in [3.63, 3.8) is 0 Å². The first-order valence-corrected chi connectivity index (χ1v) is 5.84. The highest BCUT2D eigenvalue weighted by Gasteiger charge is 2.05. The second-order valence-corrected chi connectivity index (χ2v) is 4.14. The van der Waals surface area contributed by atoms with Crippen molar-refractivity contribution in [1.82, 2.24) is 20.1 Å². The van der Waals surface area contributed by atoms with Crippen molar-refractivity contribution in [1.29, 1.82) is 0 Å². The number of rotatable bonds is 4. The van der Waals surface area contributed by atoms with Gasteiger partial charge in [-0.15, -0.1) is 0 Å². The lowest BCUT2D eigenvalue weighted by atomic mass is 10.2. The molecule has 0 aliphatic carbocycles. The van der Waals surface area contributed by atoms with Crippen molar-refractivity contribution in [2.75, 3.05) is 6.54 Å². The molecule has 0 aliphatic heterocycles. The summed E-state index contributed by atoms with van der Waals surface area (Å²) >= 11 is 0. The van der Waals surface area contributed by atoms with E-state index < -0.39 is 0 Å². The van der Waals surface area contributed by atoms with Gasteiger partial charge in [-0.3, -0.25) is 14.5 Å². The molecule has 2 rings (SSSR count). The third-order valence-electron chi connectivity index (χ3n) is 2.77. The SMILES string of the molecule is Cc1cc(CCNC(=O)c2ccncc2)nn1C. The second-order valence-electron chi connectivity index (χ2n) is 4.14. The molecule has 0 saturated heterocycles. The van der Waals surface area contributed by atoms with Crippen molar-refractivity contribution >= 4 is 5.91 Å². The van der Waals surface area contributed by atoms with Gasteiger partial charge in [-0.2, -0.15) is 5.10 Å². The topological polar surface area (TPSA) is 59.8 Å². The smallest absolute Gasteiger partial charge is 0.251 e. The van der Waals surface area contributed by atoms with Crippen LogP contribution in [0.4, 0.5) is 0 Å². The first-order chi connectivity index (χ1) is 8.66. The molecule has 0 radical (unpaired) electrons. The van der Waals surface area contributed by atoms with E-state index in [1.54, 1.807) is 24.5 Å². The van der Waals surface area contributed by atoms with E-state index >= 15 is 0 Å². The molecule has 0 aromatic carbocycles. The maximum Gasteiger partial charge on any atom is 0.251 e. The third kappa shape index (κ3) is 2.94. The average molecular weight is 244 g/mol. The van der Waals surface area contributed by atoms with Crippen molar-refractivity contribution in [3.05, 3.63) is 47.5 Å². The Bertz CT molecular complexity index is 514. The van der Waals surface area contributed by atoms with Gasteiger partial charge in [0, 0.05) is 43.7 Å². The monoisotopic (exact) mass is 244 g/mol. The molecule has 0 fully saturated rings. The fourth-order valence-corrected chi connectivity index (χ4v) is 1.67. The lowest BCUT2D eigenvalue weighted by Gasteiger charge is -2.03. The summed E-state index contributed by atoms with van der Waals surface area (Å²) in [6, 6.07) is 5.42. The van der Waals surface area contributed by atoms with Crippen molar-refractivity contribution in [2.24, 2.45) is 7.05 Å². The van der Waals surface area contributed by atoms with Crippen LogP contribution in [0.25, 0.3) is 0 Å². The molecule has 94 valence electrons. The van der Waals surface area contributed by atoms with Crippen LogP contribution in [0.1, 0.15) is 21.7 Å². The molecule has 1 N–H and O–H groups in total. The fraction of sp³-hybridized carbons (Fsp3) is 0.308. The molecule has 0 bridgehead atoms. The average Bonchev–Trinajstić information content (AvgIpc) is 2.69. The number of aryl methyl sites for hydroxylation is 2. The third-order valence-corrected chi connectivity index (χ3v) is 2.77. The summed E-state index contributed by atoms with van der Waals surface area (Å²) in [6.07, 6.45) is 3.95. The maximum absolute atomic E-state index is 11.7. The minimum atomic E-state index is -0.0787. The Labute approximate surface area is 106 Å². The highest BCUT2D eigenvalue weighted by atomic mass is 16.1. The van der Waals surface area contributed by atoms with Crippen LogP contribution in [-0.2, 0) is 13.5 Å². The van der Waals surface area contributed by atoms with Gasteiger partial charge in [0.15, 0.2) is 0 Å². The Morgan fingerprint density at radius 1 is 1.39 bits per heavy atom. The standard InChI is InChI=1S/C13H16N4O/c1-10-9-12(16-17(10)2)5-8-15-13(18)11-3-6-14-7-4-11/h3-4,6-7,9H,5,8H2,1-2H3,(H,15,18). The first-order valence-electron chi connectivity index (χ1n) is 5.84. The van der Waals surface area contributed by atoms with Gasteiger partial charge < -0.3 is 5.32 Å². The van der Waals surface area contributed by atoms with Gasteiger partial charge in [-0.1, -0.05) is 0 Å². The molecule has 0 atom stereocenters. The van der Waals surface area contributed by atoms with Gasteiger partial charge in [0.25, 0.3) is 5.91 Å². The van der Waals surface area contributed by atoms with Crippen LogP contribution in [0.5, 0.6) is 0 Å². The van der Waals surface area contributed by atoms with Gasteiger partial charge in [0.2, 0.25) is 0 Å². The van der Waals surface area contributed by atoms with E-state index in [9.17, 15) is 4.79 Å². The molecule has 2 aromatic heterocycles. The van der Waals surface area contributed by atoms with Gasteiger partial charge in [-0.05, 0) is 25.1 Å². The zero-order valence-corrected chi connectivity index (χ0v) is 10.6. The Morgan fingerprint density at radius 2 is 2.11 bits per heavy atom. The molecular formula is C13H16N4O. The second kappa shape index (κ2) is 5.44. The number of pyridine rings is 1. The molecule has 0 aliphatic rings. The highest BCUT2D eigenvalue weighted by Crippen LogP contribution is 2.01. The summed E-state index contributed by atoms with van der Waals surface area (Å²) < 4.78 is 1.83. The lowest BCUT2D eigenvalue weighted by molar-refractivity contribution is 0.0954. The van der Waals surface area contributed by atoms with E-state index in [0.29, 0.717) is 12.1 Å². The molecule has 2 aromatic rings. The number of nitrogens with zero attached hydrogens (tertiary/aromatic N) is 3. The van der Waals surface area contributed by atoms with Crippen LogP contribution in [0.2, 0.25) is 0 Å². The maximum atomic E-state index is 11.7. The van der Waals surface area contributed by atoms with Gasteiger partial charge in [0.1, 0.15) is 0 Å². The molecule has 1 amide bonds. The molecule has 0 saturated carbocycles. The Balaban J connectivity index is 1.84. The van der Waals surface area contributed by atoms with Crippen molar-refractivity contribution in [2.45, 2.75) is 13.3 Å². The minimum absolute atomic E-state index is 0.0787. The Hall–Kier alpha value is -2.17. The van der Waals surface area contributed by atoms with Crippen molar-refractivity contribution < 1.29 is 4.79 Å². The quantitative estimate of drug-likeness (QED) is 0.876. The number of hydrogen-bond donors (Lipinski definition) is 1. The van der Waals surface area contributed by atoms with E-state index in [1.807, 2.05) is 24.7 Å². The minimum Gasteiger partial charge on any atom is -0.352 e. The van der Waals surface area contributed by atoms with Gasteiger partial charge >= 0.3 is 0 Å². The molecule has 0 unspecified atom stereocenters. The first kappa shape index (κ1) is 12.3. The molecule has 5 nitrogen and oxygen atoms in total. The lowest BCUT2D eigenvalue weighted by Crippen LogP contribution is -2.25. The summed E-state index contributed by atoms with van der Waals surface area (Å²) in [6.45, 7) is 2.59. The summed E-state index contributed by atoms with van der Waals surface area (Å²) in [7, 11) is 1.91. The molecule has 0 spiro atoms. The van der Waals surface area contributed by atoms with Crippen LogP contribution < -0.4 is 5.32 Å². The zero-order valence-electron chi connectivity index (χ0n) is 10.6. The summed E-state index contributed by atoms with van der Waals surface area (Å²) in [5.41, 5.74) is 2.73. The summed E-state index contributed by atoms with van der Waals surface area (Å²) in [5.74, 6) is -0.0787. The van der Waals surface area contributed by atoms with Crippen LogP contribution in [0, 0.1) is 6.92 Å². The van der Waals surface area contributed by atoms with E-state index in [-0.39, 0.29) is 5.91 Å². The van der Waals surface area contributed by atoms with Crippen LogP contribution in [0.15, 0.2) is 30.6 Å². The summed E-state index contributed by atoms with van der Waals surface area (Å²) in [4.78, 5) is 15.6. The largest absolute Gasteiger partial charge is 0.352 e. The van der Waals surface area contributed by atoms with E-state index in [2.05, 4.69) is 15.4 Å². The fourth-order valence-electron chi connectivity index (χ4n) is 1.67. The van der Waals surface area contributed by atoms with Crippen molar-refractivity contribution in [3.8, 4) is 0 Å². The Kier molecular flexibility index (Phi) is 3.72. The van der Waals surface area contributed by atoms with E-state index in [1.165, 1.54) is 0 Å². The molecular weight excluding hydrogens is 228 g/mol. The van der Waals surface area contributed by atoms with Crippen LogP contribution in [-0.4, -0.2) is 27.2 Å². The molecule has 2 heterocycles. The normalized spacial score (nSPS) is 10.3. The number of aromatic nitrogens is 3. The predicted molar refractivity (Wildman–Crippen MR) is 68.2 cm³/mol. The van der Waals surface area contributed by atoms with E-state index in [0.717, 1.165) is 17.8 Å². The number of nitrogens with one attached hydrogen (secondary N) is 1. The highest BCUT2D eigenvalue weighted by molar-refractivity contribution is 5.93. The number of carbonyl (C=O) groups is 1. The number of hydrogen-bond acceptors (Lipinski definition) is 3. The van der Waals surface area contributed by atoms with Crippen LogP contribution >= 0.6 is 0 Å². The number of carbonyl (C=O) groups excluding carboxylic acids is 1. The van der Waals surface area contributed by atoms with Crippen LogP contribution in [0.3, 0.4) is 0 Å². The predicted octanol–water partition coefficient (Wildman–Crippen LogP) is 1.10. The van der Waals surface area contributed by atoms with E-state index in [4.69, 9.17) is 0 Å². The molecule has 18 heavy (non-hydrogen) atoms. The number of amides is 1. The van der Waals surface area contributed by atoms with Gasteiger partial charge in [-0.25, -0.2) is 0 Å².